The first-order valence-corrected chi connectivity index (χ1v) is 4.89. The number of aryl methyl sites for hydroxylation is 1. The number of carboxylic acid groups (broad SMARTS) is 1. The highest BCUT2D eigenvalue weighted by Crippen LogP contribution is 2.29. The van der Waals surface area contributed by atoms with Crippen molar-refractivity contribution in [2.75, 3.05) is 0 Å². The lowest BCUT2D eigenvalue weighted by atomic mass is 10.1. The third kappa shape index (κ3) is 1.19. The number of hydrogen-bond acceptors (Lipinski definition) is 2. The summed E-state index contributed by atoms with van der Waals surface area (Å²) in [4.78, 5) is 10.8. The third-order valence-electron chi connectivity index (χ3n) is 2.17. The molecule has 0 aliphatic rings. The van der Waals surface area contributed by atoms with Crippen LogP contribution in [-0.4, -0.2) is 11.1 Å². The Labute approximate surface area is 83.6 Å². The number of rotatable bonds is 1. The molecule has 0 bridgehead atoms. The molecule has 0 unspecified atom stereocenters. The van der Waals surface area contributed by atoms with Crippen molar-refractivity contribution in [2.45, 2.75) is 6.92 Å². The fourth-order valence-corrected chi connectivity index (χ4v) is 2.36. The van der Waals surface area contributed by atoms with Crippen LogP contribution in [0.2, 0.25) is 0 Å². The standard InChI is InChI=1S/C10H7FO2S/c1-5-6(10(12)13)2-3-7-8(11)4-14-9(5)7/h2-4H,1H3,(H,12,13). The Bertz CT molecular complexity index is 516. The Hall–Kier alpha value is -1.42. The second kappa shape index (κ2) is 3.06. The quantitative estimate of drug-likeness (QED) is 0.785. The van der Waals surface area contributed by atoms with Gasteiger partial charge in [-0.05, 0) is 24.6 Å². The molecule has 0 saturated heterocycles. The molecule has 0 atom stereocenters. The molecular weight excluding hydrogens is 203 g/mol. The van der Waals surface area contributed by atoms with Gasteiger partial charge in [0.2, 0.25) is 0 Å². The molecule has 2 rings (SSSR count). The van der Waals surface area contributed by atoms with E-state index in [0.717, 1.165) is 0 Å². The van der Waals surface area contributed by atoms with Crippen LogP contribution in [0.5, 0.6) is 0 Å². The topological polar surface area (TPSA) is 37.3 Å². The van der Waals surface area contributed by atoms with Crippen LogP contribution in [0.1, 0.15) is 15.9 Å². The molecule has 0 spiro atoms. The lowest BCUT2D eigenvalue weighted by molar-refractivity contribution is 0.0696. The molecule has 0 saturated carbocycles. The molecule has 4 heteroatoms. The Morgan fingerprint density at radius 1 is 1.50 bits per heavy atom. The van der Waals surface area contributed by atoms with Crippen LogP contribution in [0.4, 0.5) is 4.39 Å². The Kier molecular flexibility index (Phi) is 2.00. The van der Waals surface area contributed by atoms with Crippen molar-refractivity contribution in [3.63, 3.8) is 0 Å². The van der Waals surface area contributed by atoms with E-state index >= 15 is 0 Å². The third-order valence-corrected chi connectivity index (χ3v) is 3.26. The number of carboxylic acids is 1. The monoisotopic (exact) mass is 210 g/mol. The van der Waals surface area contributed by atoms with Crippen molar-refractivity contribution in [1.82, 2.24) is 0 Å². The van der Waals surface area contributed by atoms with Gasteiger partial charge in [-0.3, -0.25) is 0 Å². The molecule has 14 heavy (non-hydrogen) atoms. The van der Waals surface area contributed by atoms with Crippen LogP contribution >= 0.6 is 11.3 Å². The maximum Gasteiger partial charge on any atom is 0.336 e. The summed E-state index contributed by atoms with van der Waals surface area (Å²) in [6, 6.07) is 2.95. The minimum atomic E-state index is -0.974. The van der Waals surface area contributed by atoms with Gasteiger partial charge in [0, 0.05) is 15.5 Å². The normalized spacial score (nSPS) is 10.7. The Morgan fingerprint density at radius 2 is 2.21 bits per heavy atom. The van der Waals surface area contributed by atoms with Crippen LogP contribution in [0.25, 0.3) is 10.1 Å². The smallest absolute Gasteiger partial charge is 0.336 e. The van der Waals surface area contributed by atoms with E-state index in [9.17, 15) is 9.18 Å². The second-order valence-corrected chi connectivity index (χ2v) is 3.88. The summed E-state index contributed by atoms with van der Waals surface area (Å²) in [5, 5.41) is 10.7. The zero-order chi connectivity index (χ0) is 10.3. The van der Waals surface area contributed by atoms with Gasteiger partial charge in [0.15, 0.2) is 0 Å². The average Bonchev–Trinajstić information content (AvgIpc) is 2.49. The number of aromatic carboxylic acids is 1. The van der Waals surface area contributed by atoms with Gasteiger partial charge in [-0.25, -0.2) is 9.18 Å². The summed E-state index contributed by atoms with van der Waals surface area (Å²) in [7, 11) is 0. The van der Waals surface area contributed by atoms with E-state index in [2.05, 4.69) is 0 Å². The summed E-state index contributed by atoms with van der Waals surface area (Å²) >= 11 is 1.23. The van der Waals surface area contributed by atoms with Gasteiger partial charge >= 0.3 is 5.97 Å². The van der Waals surface area contributed by atoms with E-state index in [1.807, 2.05) is 0 Å². The molecule has 0 amide bonds. The summed E-state index contributed by atoms with van der Waals surface area (Å²) < 4.78 is 13.8. The first kappa shape index (κ1) is 9.15. The summed E-state index contributed by atoms with van der Waals surface area (Å²) in [6.07, 6.45) is 0. The highest BCUT2D eigenvalue weighted by atomic mass is 32.1. The largest absolute Gasteiger partial charge is 0.478 e. The fraction of sp³-hybridized carbons (Fsp3) is 0.100. The average molecular weight is 210 g/mol. The zero-order valence-corrected chi connectivity index (χ0v) is 8.19. The molecule has 1 N–H and O–H groups in total. The van der Waals surface area contributed by atoms with Gasteiger partial charge in [-0.1, -0.05) is 0 Å². The summed E-state index contributed by atoms with van der Waals surface area (Å²) in [5.41, 5.74) is 0.864. The highest BCUT2D eigenvalue weighted by Gasteiger charge is 2.12. The second-order valence-electron chi connectivity index (χ2n) is 3.00. The lowest BCUT2D eigenvalue weighted by Crippen LogP contribution is -1.98. The van der Waals surface area contributed by atoms with Crippen molar-refractivity contribution in [1.29, 1.82) is 0 Å². The van der Waals surface area contributed by atoms with Crippen LogP contribution in [0.15, 0.2) is 17.5 Å². The zero-order valence-electron chi connectivity index (χ0n) is 7.37. The van der Waals surface area contributed by atoms with Crippen molar-refractivity contribution in [3.8, 4) is 0 Å². The van der Waals surface area contributed by atoms with Gasteiger partial charge in [0.25, 0.3) is 0 Å². The van der Waals surface area contributed by atoms with Crippen molar-refractivity contribution >= 4 is 27.4 Å². The predicted octanol–water partition coefficient (Wildman–Crippen LogP) is 3.05. The number of benzene rings is 1. The van der Waals surface area contributed by atoms with Crippen molar-refractivity contribution < 1.29 is 14.3 Å². The molecular formula is C10H7FO2S. The molecule has 1 heterocycles. The number of fused-ring (bicyclic) bond motifs is 1. The maximum absolute atomic E-state index is 13.1. The number of thiophene rings is 1. The first-order chi connectivity index (χ1) is 6.61. The van der Waals surface area contributed by atoms with Crippen LogP contribution in [0, 0.1) is 12.7 Å². The van der Waals surface area contributed by atoms with Crippen LogP contribution in [0.3, 0.4) is 0 Å². The van der Waals surface area contributed by atoms with E-state index in [0.29, 0.717) is 15.6 Å². The minimum absolute atomic E-state index is 0.236. The SMILES string of the molecule is Cc1c(C(=O)O)ccc2c(F)csc12. The van der Waals surface area contributed by atoms with E-state index < -0.39 is 5.97 Å². The molecule has 72 valence electrons. The Balaban J connectivity index is 2.82. The minimum Gasteiger partial charge on any atom is -0.478 e. The molecule has 1 aromatic carbocycles. The molecule has 0 aliphatic heterocycles. The fourth-order valence-electron chi connectivity index (χ4n) is 1.44. The van der Waals surface area contributed by atoms with Gasteiger partial charge in [-0.2, -0.15) is 0 Å². The van der Waals surface area contributed by atoms with E-state index in [-0.39, 0.29) is 11.4 Å². The van der Waals surface area contributed by atoms with Gasteiger partial charge in [-0.15, -0.1) is 11.3 Å². The molecule has 1 aromatic heterocycles. The van der Waals surface area contributed by atoms with E-state index in [1.165, 1.54) is 28.8 Å². The molecule has 2 aromatic rings. The maximum atomic E-state index is 13.1. The van der Waals surface area contributed by atoms with Crippen molar-refractivity contribution in [2.24, 2.45) is 0 Å². The van der Waals surface area contributed by atoms with Gasteiger partial charge in [0.1, 0.15) is 5.82 Å². The molecule has 0 fully saturated rings. The number of halogens is 1. The summed E-state index contributed by atoms with van der Waals surface area (Å²) in [5.74, 6) is -1.26. The van der Waals surface area contributed by atoms with Crippen molar-refractivity contribution in [3.05, 3.63) is 34.5 Å². The number of carbonyl (C=O) groups is 1. The Morgan fingerprint density at radius 3 is 2.86 bits per heavy atom. The van der Waals surface area contributed by atoms with E-state index in [4.69, 9.17) is 5.11 Å². The number of hydrogen-bond donors (Lipinski definition) is 1. The predicted molar refractivity (Wildman–Crippen MR) is 53.5 cm³/mol. The molecule has 0 aliphatic carbocycles. The van der Waals surface area contributed by atoms with Gasteiger partial charge in [0.05, 0.1) is 5.56 Å². The first-order valence-electron chi connectivity index (χ1n) is 4.01. The summed E-state index contributed by atoms with van der Waals surface area (Å²) in [6.45, 7) is 1.70. The van der Waals surface area contributed by atoms with Gasteiger partial charge < -0.3 is 5.11 Å². The van der Waals surface area contributed by atoms with Crippen LogP contribution < -0.4 is 0 Å². The lowest BCUT2D eigenvalue weighted by Gasteiger charge is -2.00. The van der Waals surface area contributed by atoms with E-state index in [1.54, 1.807) is 6.92 Å². The molecule has 2 nitrogen and oxygen atoms in total. The highest BCUT2D eigenvalue weighted by molar-refractivity contribution is 7.17. The molecule has 0 radical (unpaired) electrons. The van der Waals surface area contributed by atoms with Crippen LogP contribution in [-0.2, 0) is 0 Å².